The lowest BCUT2D eigenvalue weighted by molar-refractivity contribution is 0.101. The van der Waals surface area contributed by atoms with Crippen LogP contribution in [0.5, 0.6) is 5.75 Å². The summed E-state index contributed by atoms with van der Waals surface area (Å²) in [6, 6.07) is 13.9. The maximum Gasteiger partial charge on any atom is 0.255 e. The Bertz CT molecular complexity index is 662. The molecular weight excluding hydrogens is 278 g/mol. The molecule has 0 atom stereocenters. The molecule has 0 heterocycles. The van der Waals surface area contributed by atoms with Crippen molar-refractivity contribution in [2.75, 3.05) is 11.9 Å². The first kappa shape index (κ1) is 15.8. The Labute approximate surface area is 130 Å². The molecule has 2 aromatic carbocycles. The molecule has 1 amide bonds. The summed E-state index contributed by atoms with van der Waals surface area (Å²) in [4.78, 5) is 23.5. The lowest BCUT2D eigenvalue weighted by atomic mass is 10.1. The Morgan fingerprint density at radius 1 is 1.05 bits per heavy atom. The number of carbonyl (C=O) groups is 2. The molecule has 4 nitrogen and oxygen atoms in total. The molecule has 0 radical (unpaired) electrons. The number of ketones is 1. The van der Waals surface area contributed by atoms with Crippen molar-refractivity contribution in [2.45, 2.75) is 20.3 Å². The second-order valence-electron chi connectivity index (χ2n) is 4.96. The van der Waals surface area contributed by atoms with Crippen LogP contribution in [0.1, 0.15) is 41.0 Å². The summed E-state index contributed by atoms with van der Waals surface area (Å²) in [6.45, 7) is 4.19. The number of Topliss-reactive ketones (excluding diaryl/α,β-unsaturated/α-hetero) is 1. The van der Waals surface area contributed by atoms with Gasteiger partial charge in [0.2, 0.25) is 0 Å². The summed E-state index contributed by atoms with van der Waals surface area (Å²) in [5.41, 5.74) is 1.71. The average Bonchev–Trinajstić information content (AvgIpc) is 2.53. The van der Waals surface area contributed by atoms with Crippen LogP contribution in [0.25, 0.3) is 0 Å². The van der Waals surface area contributed by atoms with Gasteiger partial charge in [0, 0.05) is 16.8 Å². The number of carbonyl (C=O) groups excluding carboxylic acids is 2. The number of benzene rings is 2. The molecule has 4 heteroatoms. The molecule has 0 saturated carbocycles. The van der Waals surface area contributed by atoms with E-state index in [0.717, 1.165) is 12.2 Å². The Hall–Kier alpha value is -2.62. The van der Waals surface area contributed by atoms with Gasteiger partial charge in [-0.05, 0) is 49.7 Å². The van der Waals surface area contributed by atoms with E-state index in [9.17, 15) is 9.59 Å². The van der Waals surface area contributed by atoms with E-state index in [4.69, 9.17) is 4.74 Å². The van der Waals surface area contributed by atoms with E-state index >= 15 is 0 Å². The van der Waals surface area contributed by atoms with Crippen molar-refractivity contribution >= 4 is 17.4 Å². The zero-order chi connectivity index (χ0) is 15.9. The number of rotatable bonds is 6. The highest BCUT2D eigenvalue weighted by molar-refractivity contribution is 6.05. The zero-order valence-electron chi connectivity index (χ0n) is 12.8. The number of ether oxygens (including phenoxy) is 1. The highest BCUT2D eigenvalue weighted by Crippen LogP contribution is 2.15. The van der Waals surface area contributed by atoms with Crippen LogP contribution >= 0.6 is 0 Å². The third-order valence-electron chi connectivity index (χ3n) is 3.12. The lowest BCUT2D eigenvalue weighted by Gasteiger charge is -2.08. The topological polar surface area (TPSA) is 55.4 Å². The predicted molar refractivity (Wildman–Crippen MR) is 86.6 cm³/mol. The smallest absolute Gasteiger partial charge is 0.255 e. The van der Waals surface area contributed by atoms with Crippen LogP contribution in [0.3, 0.4) is 0 Å². The molecule has 0 aliphatic carbocycles. The van der Waals surface area contributed by atoms with Gasteiger partial charge < -0.3 is 10.1 Å². The number of amides is 1. The molecule has 114 valence electrons. The van der Waals surface area contributed by atoms with Crippen molar-refractivity contribution in [1.29, 1.82) is 0 Å². The fraction of sp³-hybridized carbons (Fsp3) is 0.222. The van der Waals surface area contributed by atoms with Crippen LogP contribution in [0.15, 0.2) is 48.5 Å². The van der Waals surface area contributed by atoms with Crippen molar-refractivity contribution in [2.24, 2.45) is 0 Å². The standard InChI is InChI=1S/C18H19NO3/c1-3-11-22-17-9-7-14(8-10-17)18(21)19-16-6-4-5-15(12-16)13(2)20/h4-10,12H,3,11H2,1-2H3,(H,19,21). The maximum absolute atomic E-state index is 12.2. The summed E-state index contributed by atoms with van der Waals surface area (Å²) < 4.78 is 5.48. The van der Waals surface area contributed by atoms with Gasteiger partial charge in [-0.3, -0.25) is 9.59 Å². The van der Waals surface area contributed by atoms with Gasteiger partial charge in [0.25, 0.3) is 5.91 Å². The molecule has 2 rings (SSSR count). The first-order chi connectivity index (χ1) is 10.6. The highest BCUT2D eigenvalue weighted by Gasteiger charge is 2.07. The normalized spacial score (nSPS) is 10.1. The quantitative estimate of drug-likeness (QED) is 0.822. The fourth-order valence-electron chi connectivity index (χ4n) is 1.94. The molecular formula is C18H19NO3. The molecule has 0 spiro atoms. The molecule has 0 bridgehead atoms. The number of hydrogen-bond donors (Lipinski definition) is 1. The minimum absolute atomic E-state index is 0.0338. The number of nitrogens with one attached hydrogen (secondary N) is 1. The van der Waals surface area contributed by atoms with Crippen molar-refractivity contribution in [3.05, 3.63) is 59.7 Å². The molecule has 2 aromatic rings. The summed E-state index contributed by atoms with van der Waals surface area (Å²) >= 11 is 0. The number of anilines is 1. The van der Waals surface area contributed by atoms with Gasteiger partial charge in [-0.25, -0.2) is 0 Å². The van der Waals surface area contributed by atoms with E-state index in [-0.39, 0.29) is 11.7 Å². The molecule has 1 N–H and O–H groups in total. The van der Waals surface area contributed by atoms with Crippen molar-refractivity contribution < 1.29 is 14.3 Å². The third kappa shape index (κ3) is 4.19. The van der Waals surface area contributed by atoms with Crippen LogP contribution < -0.4 is 10.1 Å². The second-order valence-corrected chi connectivity index (χ2v) is 4.96. The van der Waals surface area contributed by atoms with Crippen molar-refractivity contribution in [1.82, 2.24) is 0 Å². The Kier molecular flexibility index (Phi) is 5.31. The van der Waals surface area contributed by atoms with Gasteiger partial charge in [-0.1, -0.05) is 19.1 Å². The monoisotopic (exact) mass is 297 g/mol. The van der Waals surface area contributed by atoms with Crippen LogP contribution in [-0.4, -0.2) is 18.3 Å². The van der Waals surface area contributed by atoms with Crippen LogP contribution in [0.2, 0.25) is 0 Å². The highest BCUT2D eigenvalue weighted by atomic mass is 16.5. The molecule has 0 aliphatic rings. The predicted octanol–water partition coefficient (Wildman–Crippen LogP) is 3.93. The summed E-state index contributed by atoms with van der Waals surface area (Å²) in [6.07, 6.45) is 0.939. The van der Waals surface area contributed by atoms with Gasteiger partial charge >= 0.3 is 0 Å². The summed E-state index contributed by atoms with van der Waals surface area (Å²) in [5, 5.41) is 2.78. The minimum atomic E-state index is -0.220. The van der Waals surface area contributed by atoms with Crippen LogP contribution in [0.4, 0.5) is 5.69 Å². The summed E-state index contributed by atoms with van der Waals surface area (Å²) in [5.74, 6) is 0.494. The summed E-state index contributed by atoms with van der Waals surface area (Å²) in [7, 11) is 0. The van der Waals surface area contributed by atoms with Gasteiger partial charge in [0.15, 0.2) is 5.78 Å². The van der Waals surface area contributed by atoms with Gasteiger partial charge in [0.1, 0.15) is 5.75 Å². The molecule has 0 unspecified atom stereocenters. The second kappa shape index (κ2) is 7.41. The van der Waals surface area contributed by atoms with Gasteiger partial charge in [-0.15, -0.1) is 0 Å². The Morgan fingerprint density at radius 3 is 2.41 bits per heavy atom. The minimum Gasteiger partial charge on any atom is -0.494 e. The Balaban J connectivity index is 2.05. The molecule has 0 aliphatic heterocycles. The lowest BCUT2D eigenvalue weighted by Crippen LogP contribution is -2.12. The first-order valence-corrected chi connectivity index (χ1v) is 7.25. The molecule has 0 aromatic heterocycles. The van der Waals surface area contributed by atoms with E-state index < -0.39 is 0 Å². The van der Waals surface area contributed by atoms with Crippen molar-refractivity contribution in [3.8, 4) is 5.75 Å². The number of hydrogen-bond acceptors (Lipinski definition) is 3. The van der Waals surface area contributed by atoms with Crippen molar-refractivity contribution in [3.63, 3.8) is 0 Å². The molecule has 0 fully saturated rings. The Morgan fingerprint density at radius 2 is 1.77 bits per heavy atom. The largest absolute Gasteiger partial charge is 0.494 e. The first-order valence-electron chi connectivity index (χ1n) is 7.25. The van der Waals surface area contributed by atoms with E-state index in [2.05, 4.69) is 5.32 Å². The average molecular weight is 297 g/mol. The van der Waals surface area contributed by atoms with Gasteiger partial charge in [-0.2, -0.15) is 0 Å². The third-order valence-corrected chi connectivity index (χ3v) is 3.12. The van der Waals surface area contributed by atoms with E-state index in [1.807, 2.05) is 6.92 Å². The SMILES string of the molecule is CCCOc1ccc(C(=O)Nc2cccc(C(C)=O)c2)cc1. The maximum atomic E-state index is 12.2. The van der Waals surface area contributed by atoms with E-state index in [1.165, 1.54) is 6.92 Å². The van der Waals surface area contributed by atoms with E-state index in [0.29, 0.717) is 23.4 Å². The zero-order valence-corrected chi connectivity index (χ0v) is 12.8. The molecule has 22 heavy (non-hydrogen) atoms. The van der Waals surface area contributed by atoms with Gasteiger partial charge in [0.05, 0.1) is 6.61 Å². The van der Waals surface area contributed by atoms with Crippen LogP contribution in [0, 0.1) is 0 Å². The van der Waals surface area contributed by atoms with Crippen LogP contribution in [-0.2, 0) is 0 Å². The van der Waals surface area contributed by atoms with E-state index in [1.54, 1.807) is 48.5 Å². The molecule has 0 saturated heterocycles. The fourth-order valence-corrected chi connectivity index (χ4v) is 1.94.